The van der Waals surface area contributed by atoms with Crippen LogP contribution < -0.4 is 5.43 Å². The van der Waals surface area contributed by atoms with Crippen molar-refractivity contribution >= 4 is 6.09 Å². The summed E-state index contributed by atoms with van der Waals surface area (Å²) in [6.07, 6.45) is 3.27. The van der Waals surface area contributed by atoms with Crippen LogP contribution in [0.4, 0.5) is 4.79 Å². The number of cyclic esters (lactones) is 1. The molecule has 1 aliphatic heterocycles. The molecular weight excluding hydrogens is 156 g/mol. The van der Waals surface area contributed by atoms with Crippen molar-refractivity contribution < 1.29 is 9.53 Å². The van der Waals surface area contributed by atoms with Crippen molar-refractivity contribution in [1.29, 1.82) is 0 Å². The Kier molecular flexibility index (Phi) is 3.87. The van der Waals surface area contributed by atoms with E-state index < -0.39 is 0 Å². The van der Waals surface area contributed by atoms with Crippen LogP contribution in [0.15, 0.2) is 0 Å². The van der Waals surface area contributed by atoms with E-state index in [4.69, 9.17) is 4.74 Å². The van der Waals surface area contributed by atoms with E-state index >= 15 is 0 Å². The summed E-state index contributed by atoms with van der Waals surface area (Å²) in [7, 11) is 0. The highest BCUT2D eigenvalue weighted by Crippen LogP contribution is 1.99. The third-order valence-corrected chi connectivity index (χ3v) is 1.84. The SMILES string of the molecule is CCCCCNN1CCOC1=O. The molecule has 1 N–H and O–H groups in total. The van der Waals surface area contributed by atoms with Gasteiger partial charge in [0.05, 0.1) is 6.54 Å². The fraction of sp³-hybridized carbons (Fsp3) is 0.875. The Hall–Kier alpha value is -0.770. The van der Waals surface area contributed by atoms with E-state index in [1.54, 1.807) is 0 Å². The number of hydrogen-bond acceptors (Lipinski definition) is 3. The number of hydrogen-bond donors (Lipinski definition) is 1. The predicted molar refractivity (Wildman–Crippen MR) is 45.6 cm³/mol. The third kappa shape index (κ3) is 2.70. The van der Waals surface area contributed by atoms with Gasteiger partial charge in [0, 0.05) is 6.54 Å². The normalized spacial score (nSPS) is 16.8. The fourth-order valence-electron chi connectivity index (χ4n) is 1.13. The zero-order valence-corrected chi connectivity index (χ0v) is 7.51. The van der Waals surface area contributed by atoms with Gasteiger partial charge >= 0.3 is 6.09 Å². The molecule has 0 radical (unpaired) electrons. The first kappa shape index (κ1) is 9.32. The Morgan fingerprint density at radius 1 is 1.58 bits per heavy atom. The molecule has 0 atom stereocenters. The van der Waals surface area contributed by atoms with Crippen molar-refractivity contribution in [2.75, 3.05) is 19.7 Å². The smallest absolute Gasteiger partial charge is 0.424 e. The molecule has 4 heteroatoms. The van der Waals surface area contributed by atoms with Crippen molar-refractivity contribution in [2.45, 2.75) is 26.2 Å². The largest absolute Gasteiger partial charge is 0.447 e. The van der Waals surface area contributed by atoms with Crippen molar-refractivity contribution in [3.8, 4) is 0 Å². The highest BCUT2D eigenvalue weighted by atomic mass is 16.6. The van der Waals surface area contributed by atoms with E-state index in [-0.39, 0.29) is 6.09 Å². The van der Waals surface area contributed by atoms with Crippen LogP contribution in [-0.4, -0.2) is 30.8 Å². The van der Waals surface area contributed by atoms with Crippen LogP contribution in [0.25, 0.3) is 0 Å². The van der Waals surface area contributed by atoms with E-state index in [1.807, 2.05) is 0 Å². The molecule has 0 aliphatic carbocycles. The fourth-order valence-corrected chi connectivity index (χ4v) is 1.13. The minimum atomic E-state index is -0.244. The molecule has 1 amide bonds. The lowest BCUT2D eigenvalue weighted by molar-refractivity contribution is 0.145. The number of carbonyl (C=O) groups excluding carboxylic acids is 1. The van der Waals surface area contributed by atoms with E-state index in [1.165, 1.54) is 17.9 Å². The van der Waals surface area contributed by atoms with Gasteiger partial charge in [0.1, 0.15) is 6.61 Å². The van der Waals surface area contributed by atoms with Gasteiger partial charge in [-0.1, -0.05) is 19.8 Å². The lowest BCUT2D eigenvalue weighted by atomic mass is 10.2. The zero-order valence-electron chi connectivity index (χ0n) is 7.51. The monoisotopic (exact) mass is 172 g/mol. The first-order chi connectivity index (χ1) is 5.84. The van der Waals surface area contributed by atoms with Crippen LogP contribution in [0, 0.1) is 0 Å². The molecule has 0 saturated carbocycles. The number of nitrogens with one attached hydrogen (secondary N) is 1. The first-order valence-corrected chi connectivity index (χ1v) is 4.52. The Morgan fingerprint density at radius 2 is 2.42 bits per heavy atom. The maximum absolute atomic E-state index is 10.9. The second-order valence-corrected chi connectivity index (χ2v) is 2.88. The summed E-state index contributed by atoms with van der Waals surface area (Å²) in [5.74, 6) is 0. The lowest BCUT2D eigenvalue weighted by Gasteiger charge is -2.13. The minimum absolute atomic E-state index is 0.244. The van der Waals surface area contributed by atoms with Crippen molar-refractivity contribution in [1.82, 2.24) is 10.4 Å². The molecule has 1 heterocycles. The first-order valence-electron chi connectivity index (χ1n) is 4.52. The molecule has 0 spiro atoms. The highest BCUT2D eigenvalue weighted by molar-refractivity contribution is 5.68. The topological polar surface area (TPSA) is 41.6 Å². The summed E-state index contributed by atoms with van der Waals surface area (Å²) in [5.41, 5.74) is 3.02. The molecule has 12 heavy (non-hydrogen) atoms. The van der Waals surface area contributed by atoms with Crippen molar-refractivity contribution in [2.24, 2.45) is 0 Å². The number of hydrazine groups is 1. The Labute approximate surface area is 72.8 Å². The third-order valence-electron chi connectivity index (χ3n) is 1.84. The van der Waals surface area contributed by atoms with E-state index in [9.17, 15) is 4.79 Å². The van der Waals surface area contributed by atoms with Gasteiger partial charge in [-0.2, -0.15) is 0 Å². The Balaban J connectivity index is 2.02. The zero-order chi connectivity index (χ0) is 8.81. The van der Waals surface area contributed by atoms with Crippen LogP contribution in [0.5, 0.6) is 0 Å². The molecule has 0 unspecified atom stereocenters. The maximum Gasteiger partial charge on any atom is 0.424 e. The number of nitrogens with zero attached hydrogens (tertiary/aromatic N) is 1. The van der Waals surface area contributed by atoms with Gasteiger partial charge < -0.3 is 4.74 Å². The van der Waals surface area contributed by atoms with Gasteiger partial charge in [-0.15, -0.1) is 0 Å². The number of amides is 1. The quantitative estimate of drug-likeness (QED) is 0.632. The summed E-state index contributed by atoms with van der Waals surface area (Å²) in [4.78, 5) is 10.9. The molecule has 1 saturated heterocycles. The van der Waals surface area contributed by atoms with Gasteiger partial charge in [-0.3, -0.25) is 0 Å². The molecule has 0 aromatic carbocycles. The molecule has 1 aliphatic rings. The van der Waals surface area contributed by atoms with E-state index in [0.717, 1.165) is 13.0 Å². The van der Waals surface area contributed by atoms with Gasteiger partial charge in [-0.05, 0) is 6.42 Å². The lowest BCUT2D eigenvalue weighted by Crippen LogP contribution is -2.39. The number of ether oxygens (including phenoxy) is 1. The summed E-state index contributed by atoms with van der Waals surface area (Å²) in [6.45, 7) is 4.21. The van der Waals surface area contributed by atoms with E-state index in [2.05, 4.69) is 12.3 Å². The second kappa shape index (κ2) is 4.98. The molecule has 70 valence electrons. The summed E-state index contributed by atoms with van der Waals surface area (Å²) < 4.78 is 4.75. The number of unbranched alkanes of at least 4 members (excludes halogenated alkanes) is 2. The summed E-state index contributed by atoms with van der Waals surface area (Å²) >= 11 is 0. The standard InChI is InChI=1S/C8H16N2O2/c1-2-3-4-5-9-10-6-7-12-8(10)11/h9H,2-7H2,1H3. The van der Waals surface area contributed by atoms with Crippen LogP contribution in [0.1, 0.15) is 26.2 Å². The molecule has 4 nitrogen and oxygen atoms in total. The van der Waals surface area contributed by atoms with Crippen LogP contribution >= 0.6 is 0 Å². The predicted octanol–water partition coefficient (Wildman–Crippen LogP) is 1.13. The van der Waals surface area contributed by atoms with Gasteiger partial charge in [0.25, 0.3) is 0 Å². The molecule has 1 rings (SSSR count). The van der Waals surface area contributed by atoms with Gasteiger partial charge in [-0.25, -0.2) is 15.2 Å². The molecule has 1 fully saturated rings. The maximum atomic E-state index is 10.9. The van der Waals surface area contributed by atoms with E-state index in [0.29, 0.717) is 13.2 Å². The van der Waals surface area contributed by atoms with Crippen molar-refractivity contribution in [3.05, 3.63) is 0 Å². The van der Waals surface area contributed by atoms with Crippen molar-refractivity contribution in [3.63, 3.8) is 0 Å². The Bertz CT molecular complexity index is 150. The summed E-state index contributed by atoms with van der Waals surface area (Å²) in [6, 6.07) is 0. The van der Waals surface area contributed by atoms with Gasteiger partial charge in [0.15, 0.2) is 0 Å². The molecule has 0 aromatic heterocycles. The second-order valence-electron chi connectivity index (χ2n) is 2.88. The number of rotatable bonds is 5. The Morgan fingerprint density at radius 3 is 3.00 bits per heavy atom. The van der Waals surface area contributed by atoms with Gasteiger partial charge in [0.2, 0.25) is 0 Å². The average Bonchev–Trinajstić information content (AvgIpc) is 2.46. The minimum Gasteiger partial charge on any atom is -0.447 e. The van der Waals surface area contributed by atoms with Crippen LogP contribution in [0.3, 0.4) is 0 Å². The van der Waals surface area contributed by atoms with Crippen LogP contribution in [0.2, 0.25) is 0 Å². The average molecular weight is 172 g/mol. The van der Waals surface area contributed by atoms with Crippen LogP contribution in [-0.2, 0) is 4.74 Å². The molecular formula is C8H16N2O2. The summed E-state index contributed by atoms with van der Waals surface area (Å²) in [5, 5.41) is 1.54. The molecule has 0 bridgehead atoms. The number of carbonyl (C=O) groups is 1. The molecule has 0 aromatic rings. The highest BCUT2D eigenvalue weighted by Gasteiger charge is 2.20.